The molecule has 78 valence electrons. The summed E-state index contributed by atoms with van der Waals surface area (Å²) < 4.78 is 4.79. The lowest BCUT2D eigenvalue weighted by atomic mass is 9.78. The lowest BCUT2D eigenvalue weighted by molar-refractivity contribution is -0.152. The van der Waals surface area contributed by atoms with E-state index in [1.54, 1.807) is 18.2 Å². The van der Waals surface area contributed by atoms with Crippen molar-refractivity contribution in [2.24, 2.45) is 5.41 Å². The van der Waals surface area contributed by atoms with E-state index in [2.05, 4.69) is 19.7 Å². The molecule has 0 unspecified atom stereocenters. The average molecular weight is 194 g/mol. The number of allylic oxidation sites excluding steroid dienone is 3. The van der Waals surface area contributed by atoms with Crippen molar-refractivity contribution in [3.8, 4) is 0 Å². The van der Waals surface area contributed by atoms with E-state index in [0.29, 0.717) is 19.3 Å². The van der Waals surface area contributed by atoms with Crippen LogP contribution in [0.3, 0.4) is 0 Å². The van der Waals surface area contributed by atoms with E-state index in [1.807, 2.05) is 0 Å². The lowest BCUT2D eigenvalue weighted by Gasteiger charge is -2.27. The van der Waals surface area contributed by atoms with Gasteiger partial charge in [-0.15, -0.1) is 19.7 Å². The number of hydrogen-bond donors (Lipinski definition) is 0. The van der Waals surface area contributed by atoms with Gasteiger partial charge in [0, 0.05) is 0 Å². The predicted molar refractivity (Wildman–Crippen MR) is 58.9 cm³/mol. The molecule has 0 spiro atoms. The molecular formula is C12H18O2. The van der Waals surface area contributed by atoms with Gasteiger partial charge in [-0.3, -0.25) is 4.79 Å². The number of methoxy groups -OCH3 is 1. The highest BCUT2D eigenvalue weighted by atomic mass is 16.5. The molecule has 0 fully saturated rings. The molecule has 0 saturated carbocycles. The van der Waals surface area contributed by atoms with Gasteiger partial charge in [0.05, 0.1) is 12.5 Å². The van der Waals surface area contributed by atoms with Crippen LogP contribution in [0.25, 0.3) is 0 Å². The molecule has 2 heteroatoms. The van der Waals surface area contributed by atoms with E-state index in [4.69, 9.17) is 4.74 Å². The van der Waals surface area contributed by atoms with Crippen LogP contribution >= 0.6 is 0 Å². The minimum Gasteiger partial charge on any atom is -0.469 e. The fourth-order valence-corrected chi connectivity index (χ4v) is 1.55. The standard InChI is InChI=1S/C12H18O2/c1-5-8-12(9-6-2,10-7-3)11(13)14-4/h5-7H,1-3,8-10H2,4H3. The monoisotopic (exact) mass is 194 g/mol. The summed E-state index contributed by atoms with van der Waals surface area (Å²) in [6, 6.07) is 0. The molecule has 0 aliphatic heterocycles. The van der Waals surface area contributed by atoms with Gasteiger partial charge in [0.15, 0.2) is 0 Å². The highest BCUT2D eigenvalue weighted by Gasteiger charge is 2.35. The van der Waals surface area contributed by atoms with Gasteiger partial charge >= 0.3 is 5.97 Å². The molecule has 0 aliphatic carbocycles. The summed E-state index contributed by atoms with van der Waals surface area (Å²) in [6.07, 6.45) is 6.92. The maximum atomic E-state index is 11.6. The smallest absolute Gasteiger partial charge is 0.312 e. The van der Waals surface area contributed by atoms with E-state index in [0.717, 1.165) is 0 Å². The Morgan fingerprint density at radius 3 is 1.71 bits per heavy atom. The average Bonchev–Trinajstić information content (AvgIpc) is 2.17. The van der Waals surface area contributed by atoms with Crippen LogP contribution in [0, 0.1) is 5.41 Å². The summed E-state index contributed by atoms with van der Waals surface area (Å²) in [5.41, 5.74) is -0.556. The normalized spacial score (nSPS) is 10.4. The van der Waals surface area contributed by atoms with Crippen molar-refractivity contribution in [2.45, 2.75) is 19.3 Å². The summed E-state index contributed by atoms with van der Waals surface area (Å²) >= 11 is 0. The van der Waals surface area contributed by atoms with Crippen molar-refractivity contribution in [2.75, 3.05) is 7.11 Å². The van der Waals surface area contributed by atoms with Gasteiger partial charge in [0.2, 0.25) is 0 Å². The molecule has 0 amide bonds. The molecule has 0 bridgehead atoms. The van der Waals surface area contributed by atoms with E-state index >= 15 is 0 Å². The molecule has 0 aromatic carbocycles. The van der Waals surface area contributed by atoms with Crippen LogP contribution in [-0.4, -0.2) is 13.1 Å². The van der Waals surface area contributed by atoms with Crippen molar-refractivity contribution in [3.05, 3.63) is 38.0 Å². The molecule has 0 saturated heterocycles. The van der Waals surface area contributed by atoms with Crippen LogP contribution in [0.1, 0.15) is 19.3 Å². The zero-order valence-electron chi connectivity index (χ0n) is 8.79. The van der Waals surface area contributed by atoms with Crippen molar-refractivity contribution in [3.63, 3.8) is 0 Å². The van der Waals surface area contributed by atoms with Gasteiger partial charge in [-0.1, -0.05) is 18.2 Å². The van der Waals surface area contributed by atoms with Gasteiger partial charge in [0.25, 0.3) is 0 Å². The van der Waals surface area contributed by atoms with E-state index in [1.165, 1.54) is 7.11 Å². The predicted octanol–water partition coefficient (Wildman–Crippen LogP) is 2.87. The molecule has 2 nitrogen and oxygen atoms in total. The van der Waals surface area contributed by atoms with Gasteiger partial charge in [0.1, 0.15) is 0 Å². The molecule has 0 aliphatic rings. The topological polar surface area (TPSA) is 26.3 Å². The Kier molecular flexibility index (Phi) is 5.61. The minimum absolute atomic E-state index is 0.225. The van der Waals surface area contributed by atoms with Crippen LogP contribution in [0.4, 0.5) is 0 Å². The molecule has 0 aromatic heterocycles. The fourth-order valence-electron chi connectivity index (χ4n) is 1.55. The van der Waals surface area contributed by atoms with Gasteiger partial charge in [-0.05, 0) is 19.3 Å². The Morgan fingerprint density at radius 1 is 1.14 bits per heavy atom. The van der Waals surface area contributed by atoms with Crippen molar-refractivity contribution < 1.29 is 9.53 Å². The van der Waals surface area contributed by atoms with Gasteiger partial charge in [-0.2, -0.15) is 0 Å². The second-order valence-corrected chi connectivity index (χ2v) is 3.25. The Hall–Kier alpha value is -1.31. The second-order valence-electron chi connectivity index (χ2n) is 3.25. The SMILES string of the molecule is C=CCC(CC=C)(CC=C)C(=O)OC. The zero-order valence-corrected chi connectivity index (χ0v) is 8.79. The summed E-state index contributed by atoms with van der Waals surface area (Å²) in [6.45, 7) is 11.0. The maximum Gasteiger partial charge on any atom is 0.312 e. The summed E-state index contributed by atoms with van der Waals surface area (Å²) in [5, 5.41) is 0. The number of ether oxygens (including phenoxy) is 1. The van der Waals surface area contributed by atoms with Gasteiger partial charge < -0.3 is 4.74 Å². The molecule has 0 aromatic rings. The van der Waals surface area contributed by atoms with Crippen molar-refractivity contribution in [1.29, 1.82) is 0 Å². The third kappa shape index (κ3) is 2.87. The van der Waals surface area contributed by atoms with Crippen LogP contribution in [0.2, 0.25) is 0 Å². The quantitative estimate of drug-likeness (QED) is 0.460. The summed E-state index contributed by atoms with van der Waals surface area (Å²) in [5.74, 6) is -0.225. The molecule has 0 rings (SSSR count). The third-order valence-electron chi connectivity index (χ3n) is 2.22. The molecule has 0 atom stereocenters. The Morgan fingerprint density at radius 2 is 1.50 bits per heavy atom. The zero-order chi connectivity index (χ0) is 11.0. The van der Waals surface area contributed by atoms with E-state index in [9.17, 15) is 4.79 Å². The van der Waals surface area contributed by atoms with Crippen LogP contribution < -0.4 is 0 Å². The number of esters is 1. The fraction of sp³-hybridized carbons (Fsp3) is 0.417. The Labute approximate surface area is 86.0 Å². The molecular weight excluding hydrogens is 176 g/mol. The van der Waals surface area contributed by atoms with Crippen LogP contribution in [-0.2, 0) is 9.53 Å². The van der Waals surface area contributed by atoms with Crippen LogP contribution in [0.5, 0.6) is 0 Å². The molecule has 0 N–H and O–H groups in total. The summed E-state index contributed by atoms with van der Waals surface area (Å²) in [4.78, 5) is 11.6. The first kappa shape index (κ1) is 12.7. The van der Waals surface area contributed by atoms with E-state index < -0.39 is 5.41 Å². The third-order valence-corrected chi connectivity index (χ3v) is 2.22. The lowest BCUT2D eigenvalue weighted by Crippen LogP contribution is -2.31. The van der Waals surface area contributed by atoms with Crippen molar-refractivity contribution in [1.82, 2.24) is 0 Å². The second kappa shape index (κ2) is 6.19. The maximum absolute atomic E-state index is 11.6. The first-order valence-electron chi connectivity index (χ1n) is 4.58. The van der Waals surface area contributed by atoms with Crippen LogP contribution in [0.15, 0.2) is 38.0 Å². The van der Waals surface area contributed by atoms with Gasteiger partial charge in [-0.25, -0.2) is 0 Å². The summed E-state index contributed by atoms with van der Waals surface area (Å²) in [7, 11) is 1.40. The number of carbonyl (C=O) groups is 1. The molecule has 14 heavy (non-hydrogen) atoms. The number of rotatable bonds is 7. The Bertz CT molecular complexity index is 202. The highest BCUT2D eigenvalue weighted by Crippen LogP contribution is 2.33. The largest absolute Gasteiger partial charge is 0.469 e. The molecule has 0 heterocycles. The first-order chi connectivity index (χ1) is 6.66. The first-order valence-corrected chi connectivity index (χ1v) is 4.58. The number of carbonyl (C=O) groups excluding carboxylic acids is 1. The Balaban J connectivity index is 4.88. The van der Waals surface area contributed by atoms with E-state index in [-0.39, 0.29) is 5.97 Å². The molecule has 0 radical (unpaired) electrons. The van der Waals surface area contributed by atoms with Crippen molar-refractivity contribution >= 4 is 5.97 Å². The number of hydrogen-bond acceptors (Lipinski definition) is 2. The highest BCUT2D eigenvalue weighted by molar-refractivity contribution is 5.77. The minimum atomic E-state index is -0.556.